The summed E-state index contributed by atoms with van der Waals surface area (Å²) >= 11 is -1.73. The smallest absolute Gasteiger partial charge is 0.250 e. The van der Waals surface area contributed by atoms with Gasteiger partial charge in [-0.15, -0.1) is 5.14 Å². The Balaban J connectivity index is 2.93. The summed E-state index contributed by atoms with van der Waals surface area (Å²) in [4.78, 5) is 2.30. The fourth-order valence-electron chi connectivity index (χ4n) is 1.66. The van der Waals surface area contributed by atoms with E-state index in [1.807, 2.05) is 30.3 Å². The van der Waals surface area contributed by atoms with E-state index in [9.17, 15) is 4.55 Å². The lowest BCUT2D eigenvalue weighted by Crippen LogP contribution is -2.21. The van der Waals surface area contributed by atoms with Crippen LogP contribution in [0.4, 0.5) is 5.69 Å². The van der Waals surface area contributed by atoms with Crippen molar-refractivity contribution in [3.8, 4) is 6.07 Å². The normalized spacial score (nSPS) is 12.9. The molecule has 4 nitrogen and oxygen atoms in total. The van der Waals surface area contributed by atoms with Gasteiger partial charge in [-0.3, -0.25) is 0 Å². The SMILES string of the molecule is CCN(CC)c1ccc(/C=C(\C#N)[S+](N)[O-])cc1. The molecule has 1 rings (SSSR count). The van der Waals surface area contributed by atoms with Crippen molar-refractivity contribution >= 4 is 23.1 Å². The van der Waals surface area contributed by atoms with Crippen molar-refractivity contribution in [3.63, 3.8) is 0 Å². The van der Waals surface area contributed by atoms with Gasteiger partial charge in [0, 0.05) is 24.9 Å². The molecule has 0 aliphatic rings. The maximum atomic E-state index is 11.0. The van der Waals surface area contributed by atoms with Crippen molar-refractivity contribution in [3.05, 3.63) is 34.7 Å². The first-order valence-electron chi connectivity index (χ1n) is 5.75. The van der Waals surface area contributed by atoms with Crippen LogP contribution < -0.4 is 10.0 Å². The van der Waals surface area contributed by atoms with Gasteiger partial charge in [0.05, 0.1) is 11.4 Å². The van der Waals surface area contributed by atoms with Crippen molar-refractivity contribution in [2.24, 2.45) is 5.14 Å². The summed E-state index contributed by atoms with van der Waals surface area (Å²) in [5, 5.41) is 14.0. The molecule has 1 aromatic rings. The molecule has 0 amide bonds. The average molecular weight is 263 g/mol. The van der Waals surface area contributed by atoms with Gasteiger partial charge in [0.2, 0.25) is 0 Å². The summed E-state index contributed by atoms with van der Waals surface area (Å²) < 4.78 is 11.0. The number of anilines is 1. The Bertz CT molecular complexity index is 444. The van der Waals surface area contributed by atoms with Crippen LogP contribution in [0, 0.1) is 11.3 Å². The van der Waals surface area contributed by atoms with E-state index in [1.54, 1.807) is 6.08 Å². The van der Waals surface area contributed by atoms with Crippen molar-refractivity contribution in [1.82, 2.24) is 0 Å². The number of hydrogen-bond donors (Lipinski definition) is 1. The minimum absolute atomic E-state index is 0.0746. The predicted molar refractivity (Wildman–Crippen MR) is 75.9 cm³/mol. The van der Waals surface area contributed by atoms with Crippen LogP contribution in [-0.2, 0) is 11.4 Å². The maximum Gasteiger partial charge on any atom is 0.250 e. The Hall–Kier alpha value is -1.48. The average Bonchev–Trinajstić information content (AvgIpc) is 2.38. The van der Waals surface area contributed by atoms with E-state index in [-0.39, 0.29) is 4.91 Å². The first kappa shape index (κ1) is 14.6. The summed E-state index contributed by atoms with van der Waals surface area (Å²) in [7, 11) is 0. The quantitative estimate of drug-likeness (QED) is 0.651. The van der Waals surface area contributed by atoms with Crippen LogP contribution in [0.1, 0.15) is 19.4 Å². The topological polar surface area (TPSA) is 76.1 Å². The second kappa shape index (κ2) is 7.07. The highest BCUT2D eigenvalue weighted by atomic mass is 32.2. The molecule has 0 aromatic heterocycles. The molecule has 1 aromatic carbocycles. The molecule has 0 radical (unpaired) electrons. The zero-order valence-electron chi connectivity index (χ0n) is 10.6. The van der Waals surface area contributed by atoms with Crippen LogP contribution in [0.15, 0.2) is 29.2 Å². The predicted octanol–water partition coefficient (Wildman–Crippen LogP) is 2.02. The van der Waals surface area contributed by atoms with Gasteiger partial charge in [-0.05, 0) is 31.5 Å². The van der Waals surface area contributed by atoms with Crippen LogP contribution in [0.2, 0.25) is 0 Å². The zero-order chi connectivity index (χ0) is 13.5. The van der Waals surface area contributed by atoms with E-state index in [1.165, 1.54) is 0 Å². The molecule has 0 spiro atoms. The highest BCUT2D eigenvalue weighted by Crippen LogP contribution is 2.17. The molecule has 0 bridgehead atoms. The molecule has 0 saturated carbocycles. The fraction of sp³-hybridized carbons (Fsp3) is 0.308. The number of hydrogen-bond acceptors (Lipinski definition) is 4. The molecule has 1 atom stereocenters. The number of rotatable bonds is 5. The fourth-order valence-corrected chi connectivity index (χ4v) is 2.00. The summed E-state index contributed by atoms with van der Waals surface area (Å²) in [5.74, 6) is 0. The van der Waals surface area contributed by atoms with Gasteiger partial charge in [0.15, 0.2) is 6.07 Å². The molecule has 0 fully saturated rings. The Labute approximate surface area is 111 Å². The van der Waals surface area contributed by atoms with Crippen LogP contribution in [-0.4, -0.2) is 17.6 Å². The second-order valence-corrected chi connectivity index (χ2v) is 4.72. The van der Waals surface area contributed by atoms with Crippen molar-refractivity contribution in [2.45, 2.75) is 13.8 Å². The van der Waals surface area contributed by atoms with Gasteiger partial charge in [-0.1, -0.05) is 12.1 Å². The highest BCUT2D eigenvalue weighted by Gasteiger charge is 2.09. The molecule has 0 saturated heterocycles. The summed E-state index contributed by atoms with van der Waals surface area (Å²) in [6, 6.07) is 9.57. The van der Waals surface area contributed by atoms with E-state index in [0.717, 1.165) is 24.3 Å². The number of nitrogens with zero attached hydrogens (tertiary/aromatic N) is 2. The molecular formula is C13H17N3OS. The highest BCUT2D eigenvalue weighted by molar-refractivity contribution is 7.93. The first-order valence-corrected chi connectivity index (χ1v) is 6.96. The van der Waals surface area contributed by atoms with Crippen molar-refractivity contribution < 1.29 is 4.55 Å². The molecule has 1 unspecified atom stereocenters. The Morgan fingerprint density at radius 2 is 1.94 bits per heavy atom. The third-order valence-corrected chi connectivity index (χ3v) is 3.29. The van der Waals surface area contributed by atoms with Gasteiger partial charge in [-0.25, -0.2) is 0 Å². The van der Waals surface area contributed by atoms with Crippen LogP contribution in [0.5, 0.6) is 0 Å². The molecule has 96 valence electrons. The number of benzene rings is 1. The monoisotopic (exact) mass is 263 g/mol. The summed E-state index contributed by atoms with van der Waals surface area (Å²) in [5.41, 5.74) is 1.95. The van der Waals surface area contributed by atoms with Crippen LogP contribution >= 0.6 is 0 Å². The molecule has 0 aliphatic carbocycles. The molecule has 2 N–H and O–H groups in total. The number of nitrogens with two attached hydrogens (primary N) is 1. The van der Waals surface area contributed by atoms with E-state index in [4.69, 9.17) is 10.4 Å². The van der Waals surface area contributed by atoms with Crippen molar-refractivity contribution in [1.29, 1.82) is 5.26 Å². The van der Waals surface area contributed by atoms with Gasteiger partial charge >= 0.3 is 0 Å². The third kappa shape index (κ3) is 3.77. The van der Waals surface area contributed by atoms with Gasteiger partial charge in [0.25, 0.3) is 4.91 Å². The molecule has 5 heteroatoms. The van der Waals surface area contributed by atoms with Gasteiger partial charge in [0.1, 0.15) is 0 Å². The Morgan fingerprint density at radius 1 is 1.39 bits per heavy atom. The summed E-state index contributed by atoms with van der Waals surface area (Å²) in [6.45, 7) is 6.09. The minimum Gasteiger partial charge on any atom is -0.593 e. The molecule has 18 heavy (non-hydrogen) atoms. The van der Waals surface area contributed by atoms with E-state index in [0.29, 0.717) is 0 Å². The minimum atomic E-state index is -1.73. The standard InChI is InChI=1S/C13H17N3OS/c1-3-16(4-2)12-7-5-11(6-8-12)9-13(10-14)18(15)17/h5-9H,3-4,15H2,1-2H3/b13-9+. The lowest BCUT2D eigenvalue weighted by atomic mass is 10.2. The lowest BCUT2D eigenvalue weighted by Gasteiger charge is -2.20. The van der Waals surface area contributed by atoms with Gasteiger partial charge in [-0.2, -0.15) is 5.26 Å². The van der Waals surface area contributed by atoms with Crippen molar-refractivity contribution in [2.75, 3.05) is 18.0 Å². The van der Waals surface area contributed by atoms with E-state index >= 15 is 0 Å². The van der Waals surface area contributed by atoms with Crippen LogP contribution in [0.3, 0.4) is 0 Å². The number of allylic oxidation sites excluding steroid dienone is 1. The Morgan fingerprint density at radius 3 is 2.33 bits per heavy atom. The zero-order valence-corrected chi connectivity index (χ0v) is 11.4. The van der Waals surface area contributed by atoms with Gasteiger partial charge < -0.3 is 9.45 Å². The third-order valence-electron chi connectivity index (χ3n) is 2.65. The maximum absolute atomic E-state index is 11.0. The van der Waals surface area contributed by atoms with Crippen LogP contribution in [0.25, 0.3) is 6.08 Å². The molecule has 0 heterocycles. The largest absolute Gasteiger partial charge is 0.593 e. The molecular weight excluding hydrogens is 246 g/mol. The molecule has 0 aliphatic heterocycles. The second-order valence-electron chi connectivity index (χ2n) is 3.68. The van der Waals surface area contributed by atoms with E-state index in [2.05, 4.69) is 18.7 Å². The number of nitriles is 1. The lowest BCUT2D eigenvalue weighted by molar-refractivity contribution is 0.604. The first-order chi connectivity index (χ1) is 8.62. The van der Waals surface area contributed by atoms with E-state index < -0.39 is 11.4 Å². The summed E-state index contributed by atoms with van der Waals surface area (Å²) in [6.07, 6.45) is 1.54. The Kier molecular flexibility index (Phi) is 5.72.